The van der Waals surface area contributed by atoms with Crippen molar-refractivity contribution in [3.63, 3.8) is 0 Å². The molecule has 1 aliphatic heterocycles. The lowest BCUT2D eigenvalue weighted by Crippen LogP contribution is -2.47. The van der Waals surface area contributed by atoms with E-state index in [1.54, 1.807) is 0 Å². The molecule has 2 unspecified atom stereocenters. The van der Waals surface area contributed by atoms with Gasteiger partial charge in [0.1, 0.15) is 0 Å². The summed E-state index contributed by atoms with van der Waals surface area (Å²) < 4.78 is 0. The molecular weight excluding hydrogens is 248 g/mol. The van der Waals surface area contributed by atoms with Gasteiger partial charge in [0.05, 0.1) is 0 Å². The SMILES string of the molecule is Cl.O=C(C1CC1c1ccccc1)N1CCNCC1. The van der Waals surface area contributed by atoms with Crippen molar-refractivity contribution < 1.29 is 4.79 Å². The van der Waals surface area contributed by atoms with Gasteiger partial charge >= 0.3 is 0 Å². The summed E-state index contributed by atoms with van der Waals surface area (Å²) >= 11 is 0. The van der Waals surface area contributed by atoms with E-state index in [1.165, 1.54) is 5.56 Å². The maximum atomic E-state index is 12.2. The molecule has 2 fully saturated rings. The monoisotopic (exact) mass is 266 g/mol. The minimum absolute atomic E-state index is 0. The highest BCUT2D eigenvalue weighted by molar-refractivity contribution is 5.85. The van der Waals surface area contributed by atoms with Gasteiger partial charge in [-0.3, -0.25) is 4.79 Å². The summed E-state index contributed by atoms with van der Waals surface area (Å²) in [6.45, 7) is 3.62. The molecule has 3 nitrogen and oxygen atoms in total. The topological polar surface area (TPSA) is 32.3 Å². The average molecular weight is 267 g/mol. The molecule has 18 heavy (non-hydrogen) atoms. The highest BCUT2D eigenvalue weighted by Gasteiger charge is 2.45. The van der Waals surface area contributed by atoms with Crippen LogP contribution in [0.25, 0.3) is 0 Å². The van der Waals surface area contributed by atoms with E-state index in [9.17, 15) is 4.79 Å². The number of amides is 1. The number of rotatable bonds is 2. The van der Waals surface area contributed by atoms with E-state index in [0.29, 0.717) is 11.8 Å². The van der Waals surface area contributed by atoms with E-state index in [-0.39, 0.29) is 18.3 Å². The Hall–Kier alpha value is -1.06. The molecule has 0 aromatic heterocycles. The summed E-state index contributed by atoms with van der Waals surface area (Å²) in [7, 11) is 0. The van der Waals surface area contributed by atoms with Crippen molar-refractivity contribution in [1.82, 2.24) is 10.2 Å². The quantitative estimate of drug-likeness (QED) is 0.883. The first kappa shape index (κ1) is 13.4. The molecule has 1 saturated heterocycles. The summed E-state index contributed by atoms with van der Waals surface area (Å²) in [5, 5.41) is 3.28. The first-order valence-electron chi connectivity index (χ1n) is 6.41. The molecule has 1 aromatic carbocycles. The van der Waals surface area contributed by atoms with Crippen molar-refractivity contribution >= 4 is 18.3 Å². The number of hydrogen-bond donors (Lipinski definition) is 1. The van der Waals surface area contributed by atoms with Crippen LogP contribution in [0.1, 0.15) is 17.9 Å². The third-order valence-electron chi connectivity index (χ3n) is 3.76. The van der Waals surface area contributed by atoms with Crippen LogP contribution >= 0.6 is 12.4 Å². The van der Waals surface area contributed by atoms with Crippen LogP contribution in [0.5, 0.6) is 0 Å². The number of hydrogen-bond acceptors (Lipinski definition) is 2. The lowest BCUT2D eigenvalue weighted by Gasteiger charge is -2.27. The van der Waals surface area contributed by atoms with Gasteiger partial charge in [-0.05, 0) is 17.9 Å². The van der Waals surface area contributed by atoms with E-state index < -0.39 is 0 Å². The molecule has 98 valence electrons. The molecule has 1 N–H and O–H groups in total. The first-order valence-corrected chi connectivity index (χ1v) is 6.41. The number of piperazine rings is 1. The van der Waals surface area contributed by atoms with Crippen LogP contribution in [0.2, 0.25) is 0 Å². The van der Waals surface area contributed by atoms with Gasteiger partial charge in [0.15, 0.2) is 0 Å². The van der Waals surface area contributed by atoms with Crippen LogP contribution in [0.3, 0.4) is 0 Å². The summed E-state index contributed by atoms with van der Waals surface area (Å²) in [5.74, 6) is 1.08. The van der Waals surface area contributed by atoms with Crippen LogP contribution in [0, 0.1) is 5.92 Å². The Balaban J connectivity index is 0.00000120. The van der Waals surface area contributed by atoms with Crippen LogP contribution in [0.15, 0.2) is 30.3 Å². The Labute approximate surface area is 114 Å². The zero-order valence-corrected chi connectivity index (χ0v) is 11.2. The normalized spacial score (nSPS) is 26.3. The largest absolute Gasteiger partial charge is 0.340 e. The number of carbonyl (C=O) groups is 1. The Bertz CT molecular complexity index is 404. The minimum Gasteiger partial charge on any atom is -0.340 e. The molecule has 1 heterocycles. The Kier molecular flexibility index (Phi) is 4.25. The van der Waals surface area contributed by atoms with Crippen LogP contribution in [-0.2, 0) is 4.79 Å². The maximum absolute atomic E-state index is 12.2. The second-order valence-electron chi connectivity index (χ2n) is 4.93. The van der Waals surface area contributed by atoms with Gasteiger partial charge < -0.3 is 10.2 Å². The minimum atomic E-state index is 0. The Morgan fingerprint density at radius 2 is 1.83 bits per heavy atom. The summed E-state index contributed by atoms with van der Waals surface area (Å²) in [4.78, 5) is 14.3. The fourth-order valence-electron chi connectivity index (χ4n) is 2.66. The van der Waals surface area contributed by atoms with Crippen molar-refractivity contribution in [1.29, 1.82) is 0 Å². The lowest BCUT2D eigenvalue weighted by molar-refractivity contribution is -0.133. The smallest absolute Gasteiger partial charge is 0.226 e. The number of nitrogens with zero attached hydrogens (tertiary/aromatic N) is 1. The molecule has 1 amide bonds. The van der Waals surface area contributed by atoms with Gasteiger partial charge in [0.2, 0.25) is 5.91 Å². The van der Waals surface area contributed by atoms with Gasteiger partial charge in [0.25, 0.3) is 0 Å². The standard InChI is InChI=1S/C14H18N2O.ClH/c17-14(16-8-6-15-7-9-16)13-10-12(13)11-4-2-1-3-5-11;/h1-5,12-13,15H,6-10H2;1H. The molecule has 1 aliphatic carbocycles. The van der Waals surface area contributed by atoms with Crippen molar-refractivity contribution in [2.24, 2.45) is 5.92 Å². The molecule has 4 heteroatoms. The number of benzene rings is 1. The fraction of sp³-hybridized carbons (Fsp3) is 0.500. The third kappa shape index (κ3) is 2.68. The van der Waals surface area contributed by atoms with Gasteiger partial charge in [-0.2, -0.15) is 0 Å². The number of carbonyl (C=O) groups excluding carboxylic acids is 1. The fourth-order valence-corrected chi connectivity index (χ4v) is 2.66. The molecular formula is C14H19ClN2O. The second kappa shape index (κ2) is 5.72. The van der Waals surface area contributed by atoms with Crippen LogP contribution in [0.4, 0.5) is 0 Å². The van der Waals surface area contributed by atoms with E-state index in [1.807, 2.05) is 11.0 Å². The molecule has 2 atom stereocenters. The molecule has 2 aliphatic rings. The zero-order chi connectivity index (χ0) is 11.7. The van der Waals surface area contributed by atoms with E-state index in [0.717, 1.165) is 32.6 Å². The summed E-state index contributed by atoms with van der Waals surface area (Å²) in [6, 6.07) is 10.4. The van der Waals surface area contributed by atoms with E-state index in [2.05, 4.69) is 29.6 Å². The molecule has 1 aromatic rings. The van der Waals surface area contributed by atoms with Gasteiger partial charge in [-0.15, -0.1) is 12.4 Å². The summed E-state index contributed by atoms with van der Waals surface area (Å²) in [5.41, 5.74) is 1.32. The molecule has 3 rings (SSSR count). The molecule has 0 radical (unpaired) electrons. The predicted molar refractivity (Wildman–Crippen MR) is 74.0 cm³/mol. The number of nitrogens with one attached hydrogen (secondary N) is 1. The predicted octanol–water partition coefficient (Wildman–Crippen LogP) is 1.64. The Morgan fingerprint density at radius 3 is 2.50 bits per heavy atom. The first-order chi connectivity index (χ1) is 8.36. The van der Waals surface area contributed by atoms with Gasteiger partial charge in [0, 0.05) is 32.1 Å². The van der Waals surface area contributed by atoms with Crippen molar-refractivity contribution in [2.45, 2.75) is 12.3 Å². The second-order valence-corrected chi connectivity index (χ2v) is 4.93. The van der Waals surface area contributed by atoms with E-state index in [4.69, 9.17) is 0 Å². The maximum Gasteiger partial charge on any atom is 0.226 e. The zero-order valence-electron chi connectivity index (χ0n) is 10.3. The third-order valence-corrected chi connectivity index (χ3v) is 3.76. The van der Waals surface area contributed by atoms with Crippen molar-refractivity contribution in [2.75, 3.05) is 26.2 Å². The Morgan fingerprint density at radius 1 is 1.17 bits per heavy atom. The van der Waals surface area contributed by atoms with Crippen LogP contribution in [-0.4, -0.2) is 37.0 Å². The van der Waals surface area contributed by atoms with Gasteiger partial charge in [-0.1, -0.05) is 30.3 Å². The van der Waals surface area contributed by atoms with Crippen molar-refractivity contribution in [3.05, 3.63) is 35.9 Å². The number of halogens is 1. The molecule has 1 saturated carbocycles. The molecule has 0 bridgehead atoms. The average Bonchev–Trinajstić information content (AvgIpc) is 3.20. The van der Waals surface area contributed by atoms with E-state index >= 15 is 0 Å². The lowest BCUT2D eigenvalue weighted by atomic mass is 10.1. The highest BCUT2D eigenvalue weighted by atomic mass is 35.5. The molecule has 0 spiro atoms. The van der Waals surface area contributed by atoms with Gasteiger partial charge in [-0.25, -0.2) is 0 Å². The van der Waals surface area contributed by atoms with Crippen LogP contribution < -0.4 is 5.32 Å². The van der Waals surface area contributed by atoms with Crippen molar-refractivity contribution in [3.8, 4) is 0 Å². The highest BCUT2D eigenvalue weighted by Crippen LogP contribution is 2.48. The summed E-state index contributed by atoms with van der Waals surface area (Å²) in [6.07, 6.45) is 1.03.